The fraction of sp³-hybridized carbons (Fsp3) is 0.346. The average Bonchev–Trinajstić information content (AvgIpc) is 2.83. The summed E-state index contributed by atoms with van der Waals surface area (Å²) in [5.74, 6) is 0.794. The van der Waals surface area contributed by atoms with E-state index in [9.17, 15) is 4.79 Å². The summed E-state index contributed by atoms with van der Waals surface area (Å²) in [6.07, 6.45) is 0. The number of carbonyl (C=O) groups is 1. The lowest BCUT2D eigenvalue weighted by Crippen LogP contribution is -2.52. The van der Waals surface area contributed by atoms with Crippen LogP contribution in [-0.2, 0) is 0 Å². The van der Waals surface area contributed by atoms with Crippen LogP contribution in [0.1, 0.15) is 35.8 Å². The lowest BCUT2D eigenvalue weighted by molar-refractivity contribution is 0.0617. The first-order chi connectivity index (χ1) is 15.0. The Morgan fingerprint density at radius 2 is 1.61 bits per heavy atom. The molecule has 0 N–H and O–H groups in total. The normalized spacial score (nSPS) is 17.4. The number of Topliss-reactive ketones (excluding diaryl/α,β-unsaturated/α-hetero) is 1. The summed E-state index contributed by atoms with van der Waals surface area (Å²) in [5, 5.41) is 2.43. The van der Waals surface area contributed by atoms with E-state index in [1.54, 1.807) is 7.11 Å². The number of halogens is 1. The van der Waals surface area contributed by atoms with Gasteiger partial charge in [-0.15, -0.1) is 0 Å². The van der Waals surface area contributed by atoms with Crippen LogP contribution in [0.15, 0.2) is 60.7 Å². The largest absolute Gasteiger partial charge is 0.495 e. The zero-order valence-electron chi connectivity index (χ0n) is 18.3. The van der Waals surface area contributed by atoms with Gasteiger partial charge in [-0.25, -0.2) is 0 Å². The number of rotatable bonds is 6. The Labute approximate surface area is 189 Å². The first kappa shape index (κ1) is 21.8. The van der Waals surface area contributed by atoms with Gasteiger partial charge in [0.15, 0.2) is 5.78 Å². The Balaban J connectivity index is 1.43. The number of fused-ring (bicyclic) bond motifs is 1. The zero-order chi connectivity index (χ0) is 22.0. The predicted molar refractivity (Wildman–Crippen MR) is 127 cm³/mol. The third-order valence-electron chi connectivity index (χ3n) is 6.53. The molecular weight excluding hydrogens is 408 g/mol. The van der Waals surface area contributed by atoms with Crippen molar-refractivity contribution in [3.63, 3.8) is 0 Å². The van der Waals surface area contributed by atoms with Crippen molar-refractivity contribution in [2.24, 2.45) is 0 Å². The van der Waals surface area contributed by atoms with E-state index in [0.29, 0.717) is 16.8 Å². The predicted octanol–water partition coefficient (Wildman–Crippen LogP) is 5.45. The highest BCUT2D eigenvalue weighted by atomic mass is 35.5. The molecule has 3 aromatic rings. The molecule has 31 heavy (non-hydrogen) atoms. The molecule has 3 aromatic carbocycles. The molecule has 0 spiro atoms. The molecule has 2 atom stereocenters. The van der Waals surface area contributed by atoms with E-state index in [1.807, 2.05) is 37.3 Å². The number of methoxy groups -OCH3 is 1. The van der Waals surface area contributed by atoms with E-state index < -0.39 is 0 Å². The van der Waals surface area contributed by atoms with Crippen molar-refractivity contribution in [1.29, 1.82) is 0 Å². The minimum absolute atomic E-state index is 0.151. The lowest BCUT2D eigenvalue weighted by atomic mass is 9.99. The van der Waals surface area contributed by atoms with Crippen molar-refractivity contribution >= 4 is 28.2 Å². The molecule has 0 bridgehead atoms. The van der Waals surface area contributed by atoms with Gasteiger partial charge in [0.25, 0.3) is 0 Å². The number of benzene rings is 3. The molecule has 1 heterocycles. The number of nitrogens with zero attached hydrogens (tertiary/aromatic N) is 2. The number of hydrogen-bond donors (Lipinski definition) is 0. The van der Waals surface area contributed by atoms with E-state index in [1.165, 1.54) is 5.56 Å². The van der Waals surface area contributed by atoms with Crippen molar-refractivity contribution in [3.8, 4) is 5.75 Å². The molecule has 0 radical (unpaired) electrons. The molecule has 1 aliphatic heterocycles. The maximum absolute atomic E-state index is 13.2. The highest BCUT2D eigenvalue weighted by Gasteiger charge is 2.28. The summed E-state index contributed by atoms with van der Waals surface area (Å²) < 4.78 is 5.29. The third-order valence-corrected chi connectivity index (χ3v) is 6.92. The smallest absolute Gasteiger partial charge is 0.179 e. The average molecular weight is 437 g/mol. The van der Waals surface area contributed by atoms with Crippen molar-refractivity contribution in [2.75, 3.05) is 33.3 Å². The van der Waals surface area contributed by atoms with Crippen molar-refractivity contribution in [3.05, 3.63) is 76.8 Å². The minimum Gasteiger partial charge on any atom is -0.495 e. The molecule has 1 fully saturated rings. The van der Waals surface area contributed by atoms with Crippen molar-refractivity contribution < 1.29 is 9.53 Å². The van der Waals surface area contributed by atoms with E-state index in [0.717, 1.165) is 42.5 Å². The fourth-order valence-corrected chi connectivity index (χ4v) is 4.76. The summed E-state index contributed by atoms with van der Waals surface area (Å²) in [7, 11) is 1.60. The Kier molecular flexibility index (Phi) is 6.61. The molecule has 4 rings (SSSR count). The van der Waals surface area contributed by atoms with Crippen LogP contribution in [-0.4, -0.2) is 54.9 Å². The molecule has 0 aromatic heterocycles. The molecule has 1 saturated heterocycles. The third kappa shape index (κ3) is 4.47. The van der Waals surface area contributed by atoms with Gasteiger partial charge in [-0.3, -0.25) is 14.6 Å². The maximum Gasteiger partial charge on any atom is 0.179 e. The van der Waals surface area contributed by atoms with Crippen LogP contribution in [0.4, 0.5) is 0 Å². The maximum atomic E-state index is 13.2. The van der Waals surface area contributed by atoms with Gasteiger partial charge in [0, 0.05) is 43.2 Å². The Morgan fingerprint density at radius 3 is 2.29 bits per heavy atom. The lowest BCUT2D eigenvalue weighted by Gasteiger charge is -2.40. The summed E-state index contributed by atoms with van der Waals surface area (Å²) in [4.78, 5) is 18.0. The molecular formula is C26H29ClN2O2. The van der Waals surface area contributed by atoms with Crippen LogP contribution >= 0.6 is 11.6 Å². The second kappa shape index (κ2) is 9.39. The minimum atomic E-state index is -0.152. The quantitative estimate of drug-likeness (QED) is 0.481. The van der Waals surface area contributed by atoms with Crippen molar-refractivity contribution in [2.45, 2.75) is 25.9 Å². The van der Waals surface area contributed by atoms with E-state index >= 15 is 0 Å². The van der Waals surface area contributed by atoms with Gasteiger partial charge in [0.2, 0.25) is 0 Å². The van der Waals surface area contributed by atoms with Gasteiger partial charge in [0.05, 0.1) is 18.2 Å². The highest BCUT2D eigenvalue weighted by Crippen LogP contribution is 2.33. The molecule has 5 heteroatoms. The van der Waals surface area contributed by atoms with Crippen LogP contribution in [0.5, 0.6) is 5.75 Å². The monoisotopic (exact) mass is 436 g/mol. The SMILES string of the molecule is COc1ccc2cc(C(=O)[C@H](C)N3CCN(C(C)c4ccccc4)CC3)ccc2c1Cl. The highest BCUT2D eigenvalue weighted by molar-refractivity contribution is 6.37. The summed E-state index contributed by atoms with van der Waals surface area (Å²) in [6.45, 7) is 7.97. The van der Waals surface area contributed by atoms with E-state index in [-0.39, 0.29) is 11.8 Å². The van der Waals surface area contributed by atoms with E-state index in [2.05, 4.69) is 47.1 Å². The van der Waals surface area contributed by atoms with Crippen LogP contribution < -0.4 is 4.74 Å². The van der Waals surface area contributed by atoms with Crippen LogP contribution in [0, 0.1) is 0 Å². The molecule has 0 amide bonds. The number of carbonyl (C=O) groups excluding carboxylic acids is 1. The number of ether oxygens (including phenoxy) is 1. The molecule has 162 valence electrons. The molecule has 1 unspecified atom stereocenters. The Bertz CT molecular complexity index is 1060. The van der Waals surface area contributed by atoms with Gasteiger partial charge < -0.3 is 4.74 Å². The molecule has 0 aliphatic carbocycles. The topological polar surface area (TPSA) is 32.8 Å². The first-order valence-corrected chi connectivity index (χ1v) is 11.2. The van der Waals surface area contributed by atoms with Crippen molar-refractivity contribution in [1.82, 2.24) is 9.80 Å². The van der Waals surface area contributed by atoms with E-state index in [4.69, 9.17) is 16.3 Å². The number of piperazine rings is 1. The zero-order valence-corrected chi connectivity index (χ0v) is 19.1. The number of ketones is 1. The molecule has 1 aliphatic rings. The van der Waals surface area contributed by atoms with Crippen LogP contribution in [0.2, 0.25) is 5.02 Å². The number of hydrogen-bond acceptors (Lipinski definition) is 4. The van der Waals surface area contributed by atoms with Gasteiger partial charge in [-0.1, -0.05) is 60.1 Å². The van der Waals surface area contributed by atoms with Crippen LogP contribution in [0.25, 0.3) is 10.8 Å². The van der Waals surface area contributed by atoms with Gasteiger partial charge in [-0.2, -0.15) is 0 Å². The Morgan fingerprint density at radius 1 is 0.935 bits per heavy atom. The molecule has 0 saturated carbocycles. The molecule has 4 nitrogen and oxygen atoms in total. The van der Waals surface area contributed by atoms with Gasteiger partial charge in [-0.05, 0) is 36.9 Å². The summed E-state index contributed by atoms with van der Waals surface area (Å²) in [6, 6.07) is 20.4. The Hall–Kier alpha value is -2.40. The second-order valence-electron chi connectivity index (χ2n) is 8.22. The summed E-state index contributed by atoms with van der Waals surface area (Å²) in [5.41, 5.74) is 2.06. The first-order valence-electron chi connectivity index (χ1n) is 10.8. The van der Waals surface area contributed by atoms with Gasteiger partial charge >= 0.3 is 0 Å². The fourth-order valence-electron chi connectivity index (χ4n) is 4.44. The van der Waals surface area contributed by atoms with Crippen LogP contribution in [0.3, 0.4) is 0 Å². The van der Waals surface area contributed by atoms with Gasteiger partial charge in [0.1, 0.15) is 5.75 Å². The summed E-state index contributed by atoms with van der Waals surface area (Å²) >= 11 is 6.42. The second-order valence-corrected chi connectivity index (χ2v) is 8.59. The standard InChI is InChI=1S/C26H29ClN2O2/c1-18(20-7-5-4-6-8-20)28-13-15-29(16-14-28)19(2)26(30)22-9-11-23-21(17-22)10-12-24(31-3)25(23)27/h4-12,17-19H,13-16H2,1-3H3/t18?,19-/m0/s1.